The van der Waals surface area contributed by atoms with Gasteiger partial charge in [0.2, 0.25) is 5.91 Å². The number of carbonyl (C=O) groups excluding carboxylic acids is 2. The maximum Gasteiger partial charge on any atom is 0.229 e. The fraction of sp³-hybridized carbons (Fsp3) is 0.545. The molecule has 92 valence electrons. The van der Waals surface area contributed by atoms with Crippen LogP contribution in [0.25, 0.3) is 0 Å². The first-order valence-electron chi connectivity index (χ1n) is 5.59. The summed E-state index contributed by atoms with van der Waals surface area (Å²) in [7, 11) is 0. The number of hydrogen-bond acceptors (Lipinski definition) is 5. The summed E-state index contributed by atoms with van der Waals surface area (Å²) < 4.78 is 0. The minimum Gasteiger partial charge on any atom is -0.550 e. The summed E-state index contributed by atoms with van der Waals surface area (Å²) in [6.45, 7) is 0. The Morgan fingerprint density at radius 3 is 2.65 bits per heavy atom. The van der Waals surface area contributed by atoms with E-state index in [2.05, 4.69) is 10.3 Å². The van der Waals surface area contributed by atoms with Crippen LogP contribution in [0.1, 0.15) is 25.7 Å². The molecule has 2 atom stereocenters. The Hall–Kier alpha value is -1.43. The number of aromatic nitrogens is 1. The highest BCUT2D eigenvalue weighted by molar-refractivity contribution is 7.13. The van der Waals surface area contributed by atoms with Gasteiger partial charge in [-0.3, -0.25) is 4.79 Å². The van der Waals surface area contributed by atoms with E-state index >= 15 is 0 Å². The van der Waals surface area contributed by atoms with E-state index in [4.69, 9.17) is 0 Å². The fourth-order valence-corrected chi connectivity index (χ4v) is 2.74. The summed E-state index contributed by atoms with van der Waals surface area (Å²) in [5.74, 6) is -2.53. The maximum atomic E-state index is 11.9. The van der Waals surface area contributed by atoms with Crippen LogP contribution in [0.3, 0.4) is 0 Å². The van der Waals surface area contributed by atoms with Gasteiger partial charge in [0, 0.05) is 29.4 Å². The lowest BCUT2D eigenvalue weighted by Crippen LogP contribution is -2.42. The molecule has 1 saturated carbocycles. The van der Waals surface area contributed by atoms with Crippen molar-refractivity contribution in [2.24, 2.45) is 11.8 Å². The van der Waals surface area contributed by atoms with Gasteiger partial charge in [0.25, 0.3) is 0 Å². The zero-order valence-corrected chi connectivity index (χ0v) is 10.0. The molecule has 1 heterocycles. The summed E-state index contributed by atoms with van der Waals surface area (Å²) >= 11 is 1.32. The second-order valence-electron chi connectivity index (χ2n) is 4.14. The van der Waals surface area contributed by atoms with Crippen LogP contribution in [0, 0.1) is 11.8 Å². The maximum absolute atomic E-state index is 11.9. The smallest absolute Gasteiger partial charge is 0.229 e. The molecule has 1 aliphatic rings. The van der Waals surface area contributed by atoms with Gasteiger partial charge < -0.3 is 15.2 Å². The predicted octanol–water partition coefficient (Wildman–Crippen LogP) is 0.638. The summed E-state index contributed by atoms with van der Waals surface area (Å²) in [6, 6.07) is 0. The monoisotopic (exact) mass is 253 g/mol. The summed E-state index contributed by atoms with van der Waals surface area (Å²) in [6.07, 6.45) is 4.46. The zero-order chi connectivity index (χ0) is 12.3. The van der Waals surface area contributed by atoms with E-state index in [0.29, 0.717) is 18.0 Å². The molecule has 0 bridgehead atoms. The number of nitrogens with one attached hydrogen (secondary N) is 1. The number of thiazole rings is 1. The average Bonchev–Trinajstić information content (AvgIpc) is 2.81. The third kappa shape index (κ3) is 2.82. The Kier molecular flexibility index (Phi) is 3.73. The number of rotatable bonds is 3. The van der Waals surface area contributed by atoms with Crippen molar-refractivity contribution in [3.05, 3.63) is 11.6 Å². The molecule has 1 aromatic heterocycles. The molecule has 2 rings (SSSR count). The third-order valence-corrected chi connectivity index (χ3v) is 3.76. The number of carboxylic acid groups (broad SMARTS) is 1. The number of anilines is 1. The minimum absolute atomic E-state index is 0.256. The number of carbonyl (C=O) groups is 2. The van der Waals surface area contributed by atoms with E-state index in [9.17, 15) is 14.7 Å². The Balaban J connectivity index is 2.03. The molecule has 0 saturated heterocycles. The van der Waals surface area contributed by atoms with E-state index in [1.165, 1.54) is 11.3 Å². The molecule has 17 heavy (non-hydrogen) atoms. The molecule has 6 heteroatoms. The van der Waals surface area contributed by atoms with Crippen molar-refractivity contribution >= 4 is 28.3 Å². The third-order valence-electron chi connectivity index (χ3n) is 3.07. The number of amides is 1. The van der Waals surface area contributed by atoms with Gasteiger partial charge in [-0.25, -0.2) is 4.98 Å². The van der Waals surface area contributed by atoms with E-state index in [-0.39, 0.29) is 5.91 Å². The van der Waals surface area contributed by atoms with Crippen LogP contribution in [0.15, 0.2) is 11.6 Å². The lowest BCUT2D eigenvalue weighted by atomic mass is 9.79. The quantitative estimate of drug-likeness (QED) is 0.857. The molecule has 2 unspecified atom stereocenters. The van der Waals surface area contributed by atoms with Gasteiger partial charge in [-0.2, -0.15) is 0 Å². The van der Waals surface area contributed by atoms with Crippen molar-refractivity contribution in [2.75, 3.05) is 5.32 Å². The van der Waals surface area contributed by atoms with Crippen LogP contribution in [0.4, 0.5) is 5.13 Å². The lowest BCUT2D eigenvalue weighted by Gasteiger charge is -2.30. The Morgan fingerprint density at radius 2 is 2.06 bits per heavy atom. The highest BCUT2D eigenvalue weighted by atomic mass is 32.1. The molecule has 0 aromatic carbocycles. The van der Waals surface area contributed by atoms with Gasteiger partial charge >= 0.3 is 0 Å². The molecule has 1 fully saturated rings. The van der Waals surface area contributed by atoms with E-state index in [1.807, 2.05) is 0 Å². The predicted molar refractivity (Wildman–Crippen MR) is 61.2 cm³/mol. The molecular weight excluding hydrogens is 240 g/mol. The first kappa shape index (κ1) is 12.0. The van der Waals surface area contributed by atoms with Crippen molar-refractivity contribution in [1.29, 1.82) is 0 Å². The molecule has 1 aliphatic carbocycles. The SMILES string of the molecule is O=C([O-])C1CCCCC1C(=O)Nc1nccs1. The largest absolute Gasteiger partial charge is 0.550 e. The Bertz CT molecular complexity index is 405. The van der Waals surface area contributed by atoms with Gasteiger partial charge in [-0.1, -0.05) is 12.8 Å². The number of hydrogen-bond donors (Lipinski definition) is 1. The van der Waals surface area contributed by atoms with Crippen LogP contribution < -0.4 is 10.4 Å². The van der Waals surface area contributed by atoms with Crippen molar-refractivity contribution in [2.45, 2.75) is 25.7 Å². The lowest BCUT2D eigenvalue weighted by molar-refractivity contribution is -0.313. The molecule has 5 nitrogen and oxygen atoms in total. The fourth-order valence-electron chi connectivity index (χ4n) is 2.21. The van der Waals surface area contributed by atoms with Crippen LogP contribution in [-0.2, 0) is 9.59 Å². The molecule has 0 aliphatic heterocycles. The summed E-state index contributed by atoms with van der Waals surface area (Å²) in [5, 5.41) is 15.9. The summed E-state index contributed by atoms with van der Waals surface area (Å²) in [4.78, 5) is 26.9. The molecule has 1 aromatic rings. The van der Waals surface area contributed by atoms with Gasteiger partial charge in [-0.05, 0) is 12.8 Å². The van der Waals surface area contributed by atoms with Crippen LogP contribution >= 0.6 is 11.3 Å². The van der Waals surface area contributed by atoms with Crippen molar-refractivity contribution in [3.8, 4) is 0 Å². The normalized spacial score (nSPS) is 24.2. The average molecular weight is 253 g/mol. The van der Waals surface area contributed by atoms with Gasteiger partial charge in [0.15, 0.2) is 5.13 Å². The molecular formula is C11H13N2O3S-. The second kappa shape index (κ2) is 5.27. The van der Waals surface area contributed by atoms with Crippen LogP contribution in [-0.4, -0.2) is 16.9 Å². The topological polar surface area (TPSA) is 82.1 Å². The summed E-state index contributed by atoms with van der Waals surface area (Å²) in [5.41, 5.74) is 0. The molecule has 0 spiro atoms. The minimum atomic E-state index is -1.12. The standard InChI is InChI=1S/C11H14N2O3S/c14-9(13-11-12-5-6-17-11)7-3-1-2-4-8(7)10(15)16/h5-8H,1-4H2,(H,15,16)(H,12,13,14)/p-1. The van der Waals surface area contributed by atoms with E-state index < -0.39 is 17.8 Å². The van der Waals surface area contributed by atoms with Crippen molar-refractivity contribution < 1.29 is 14.7 Å². The van der Waals surface area contributed by atoms with E-state index in [0.717, 1.165) is 12.8 Å². The number of carboxylic acids is 1. The van der Waals surface area contributed by atoms with Crippen molar-refractivity contribution in [1.82, 2.24) is 4.98 Å². The number of nitrogens with zero attached hydrogens (tertiary/aromatic N) is 1. The Labute approximate surface area is 103 Å². The highest BCUT2D eigenvalue weighted by Crippen LogP contribution is 2.30. The van der Waals surface area contributed by atoms with Gasteiger partial charge in [-0.15, -0.1) is 11.3 Å². The second-order valence-corrected chi connectivity index (χ2v) is 5.04. The highest BCUT2D eigenvalue weighted by Gasteiger charge is 2.31. The first-order valence-corrected chi connectivity index (χ1v) is 6.47. The zero-order valence-electron chi connectivity index (χ0n) is 9.22. The number of aliphatic carboxylic acids is 1. The first-order chi connectivity index (χ1) is 8.18. The Morgan fingerprint density at radius 1 is 1.35 bits per heavy atom. The molecule has 1 N–H and O–H groups in total. The molecule has 0 radical (unpaired) electrons. The van der Waals surface area contributed by atoms with E-state index in [1.54, 1.807) is 11.6 Å². The van der Waals surface area contributed by atoms with Gasteiger partial charge in [0.05, 0.1) is 0 Å². The molecule has 1 amide bonds. The van der Waals surface area contributed by atoms with Crippen molar-refractivity contribution in [3.63, 3.8) is 0 Å². The van der Waals surface area contributed by atoms with Gasteiger partial charge in [0.1, 0.15) is 0 Å². The van der Waals surface area contributed by atoms with Crippen LogP contribution in [0.2, 0.25) is 0 Å². The van der Waals surface area contributed by atoms with Crippen LogP contribution in [0.5, 0.6) is 0 Å².